The zero-order chi connectivity index (χ0) is 21.8. The first kappa shape index (κ1) is 20.0. The van der Waals surface area contributed by atoms with Gasteiger partial charge in [0.25, 0.3) is 5.56 Å². The molecule has 0 saturated carbocycles. The highest BCUT2D eigenvalue weighted by atomic mass is 32.2. The average molecular weight is 437 g/mol. The van der Waals surface area contributed by atoms with Gasteiger partial charge in [-0.2, -0.15) is 28.1 Å². The zero-order valence-electron chi connectivity index (χ0n) is 15.7. The van der Waals surface area contributed by atoms with Gasteiger partial charge in [-0.05, 0) is 18.2 Å². The van der Waals surface area contributed by atoms with Crippen molar-refractivity contribution in [2.45, 2.75) is 18.0 Å². The fourth-order valence-electron chi connectivity index (χ4n) is 3.05. The summed E-state index contributed by atoms with van der Waals surface area (Å²) in [6.07, 6.45) is -2.03. The molecule has 0 saturated heterocycles. The van der Waals surface area contributed by atoms with Crippen molar-refractivity contribution >= 4 is 31.6 Å². The third-order valence-corrected chi connectivity index (χ3v) is 6.42. The molecule has 0 N–H and O–H groups in total. The molecule has 12 heteroatoms. The molecule has 156 valence electrons. The van der Waals surface area contributed by atoms with Crippen molar-refractivity contribution < 1.29 is 21.6 Å². The lowest BCUT2D eigenvalue weighted by atomic mass is 10.1. The van der Waals surface area contributed by atoms with Gasteiger partial charge < -0.3 is 0 Å². The van der Waals surface area contributed by atoms with Gasteiger partial charge in [0.2, 0.25) is 0 Å². The molecule has 4 aromatic rings. The number of benzene rings is 1. The van der Waals surface area contributed by atoms with Crippen LogP contribution in [-0.2, 0) is 23.1 Å². The monoisotopic (exact) mass is 437 g/mol. The van der Waals surface area contributed by atoms with Crippen molar-refractivity contribution in [3.05, 3.63) is 52.6 Å². The Kier molecular flexibility index (Phi) is 4.42. The van der Waals surface area contributed by atoms with Gasteiger partial charge in [-0.25, -0.2) is 13.4 Å². The number of halogens is 3. The molecule has 0 atom stereocenters. The van der Waals surface area contributed by atoms with Crippen molar-refractivity contribution in [3.8, 4) is 5.82 Å². The van der Waals surface area contributed by atoms with Crippen LogP contribution in [0.2, 0.25) is 0 Å². The first-order valence-corrected chi connectivity index (χ1v) is 10.3. The summed E-state index contributed by atoms with van der Waals surface area (Å²) in [5.41, 5.74) is -1.63. The van der Waals surface area contributed by atoms with E-state index in [0.717, 1.165) is 12.1 Å². The summed E-state index contributed by atoms with van der Waals surface area (Å²) < 4.78 is 66.7. The molecule has 0 radical (unpaired) electrons. The number of aromatic nitrogens is 5. The molecular weight excluding hydrogens is 423 g/mol. The Labute approximate surface area is 167 Å². The molecule has 30 heavy (non-hydrogen) atoms. The number of fused-ring (bicyclic) bond motifs is 2. The van der Waals surface area contributed by atoms with Crippen LogP contribution in [0.1, 0.15) is 12.5 Å². The summed E-state index contributed by atoms with van der Waals surface area (Å²) in [6, 6.07) is 4.03. The molecule has 0 aliphatic rings. The normalized spacial score (nSPS) is 12.7. The third-order valence-electron chi connectivity index (χ3n) is 4.68. The van der Waals surface area contributed by atoms with E-state index in [1.807, 2.05) is 0 Å². The summed E-state index contributed by atoms with van der Waals surface area (Å²) in [5, 5.41) is 8.34. The van der Waals surface area contributed by atoms with Crippen LogP contribution >= 0.6 is 0 Å². The van der Waals surface area contributed by atoms with E-state index in [-0.39, 0.29) is 32.9 Å². The zero-order valence-corrected chi connectivity index (χ0v) is 16.5. The van der Waals surface area contributed by atoms with Crippen LogP contribution in [0.15, 0.2) is 46.3 Å². The Balaban J connectivity index is 2.09. The Bertz CT molecular complexity index is 1470. The van der Waals surface area contributed by atoms with Crippen molar-refractivity contribution in [1.29, 1.82) is 0 Å². The Hall–Kier alpha value is -3.28. The average Bonchev–Trinajstić information content (AvgIpc) is 3.06. The quantitative estimate of drug-likeness (QED) is 0.488. The molecule has 0 bridgehead atoms. The maximum absolute atomic E-state index is 13.1. The molecule has 0 aliphatic heterocycles. The fraction of sp³-hybridized carbons (Fsp3) is 0.222. The van der Waals surface area contributed by atoms with Gasteiger partial charge in [-0.15, -0.1) is 0 Å². The molecule has 8 nitrogen and oxygen atoms in total. The molecular formula is C18H14F3N5O3S. The van der Waals surface area contributed by atoms with Crippen LogP contribution in [-0.4, -0.2) is 38.7 Å². The van der Waals surface area contributed by atoms with Gasteiger partial charge >= 0.3 is 6.18 Å². The maximum atomic E-state index is 13.1. The van der Waals surface area contributed by atoms with Crippen LogP contribution in [0.4, 0.5) is 13.2 Å². The van der Waals surface area contributed by atoms with Gasteiger partial charge in [0.15, 0.2) is 21.3 Å². The summed E-state index contributed by atoms with van der Waals surface area (Å²) in [7, 11) is -2.26. The first-order valence-electron chi connectivity index (χ1n) is 8.68. The minimum atomic E-state index is -4.64. The number of nitrogens with zero attached hydrogens (tertiary/aromatic N) is 5. The van der Waals surface area contributed by atoms with Crippen molar-refractivity contribution in [2.75, 3.05) is 5.75 Å². The molecule has 0 fully saturated rings. The second-order valence-electron chi connectivity index (χ2n) is 6.56. The lowest BCUT2D eigenvalue weighted by molar-refractivity contribution is -0.137. The number of alkyl halides is 3. The second kappa shape index (κ2) is 6.62. The van der Waals surface area contributed by atoms with E-state index in [0.29, 0.717) is 16.1 Å². The molecule has 3 heterocycles. The van der Waals surface area contributed by atoms with Crippen LogP contribution in [0, 0.1) is 0 Å². The summed E-state index contributed by atoms with van der Waals surface area (Å²) in [4.78, 5) is 17.0. The Morgan fingerprint density at radius 3 is 2.43 bits per heavy atom. The van der Waals surface area contributed by atoms with Gasteiger partial charge in [0.1, 0.15) is 4.90 Å². The second-order valence-corrected chi connectivity index (χ2v) is 8.80. The van der Waals surface area contributed by atoms with Crippen LogP contribution in [0.5, 0.6) is 0 Å². The number of sulfone groups is 1. The number of hydrogen-bond acceptors (Lipinski definition) is 6. The van der Waals surface area contributed by atoms with E-state index >= 15 is 0 Å². The number of pyridine rings is 1. The smallest absolute Gasteiger partial charge is 0.267 e. The minimum absolute atomic E-state index is 0.186. The summed E-state index contributed by atoms with van der Waals surface area (Å²) in [5.74, 6) is -0.564. The van der Waals surface area contributed by atoms with Gasteiger partial charge in [0, 0.05) is 17.8 Å². The van der Waals surface area contributed by atoms with Crippen LogP contribution < -0.4 is 5.56 Å². The van der Waals surface area contributed by atoms with Crippen molar-refractivity contribution in [2.24, 2.45) is 7.05 Å². The predicted molar refractivity (Wildman–Crippen MR) is 102 cm³/mol. The lowest BCUT2D eigenvalue weighted by Gasteiger charge is -2.12. The SMILES string of the molecule is CCS(=O)(=O)c1cc2cnn(C)c2nc1-n1ncc2ccc(C(F)(F)F)cc2c1=O. The topological polar surface area (TPSA) is 99.7 Å². The van der Waals surface area contributed by atoms with E-state index in [1.165, 1.54) is 30.1 Å². The molecule has 4 rings (SSSR count). The van der Waals surface area contributed by atoms with E-state index < -0.39 is 27.1 Å². The van der Waals surface area contributed by atoms with E-state index in [9.17, 15) is 26.4 Å². The Morgan fingerprint density at radius 2 is 1.77 bits per heavy atom. The standard InChI is InChI=1S/C18H14F3N5O3S/c1-3-30(28,29)14-6-11-9-22-25(2)15(11)24-16(14)26-17(27)13-7-12(18(19,20)21)5-4-10(13)8-23-26/h4-9H,3H2,1-2H3. The highest BCUT2D eigenvalue weighted by Crippen LogP contribution is 2.31. The molecule has 0 amide bonds. The highest BCUT2D eigenvalue weighted by Gasteiger charge is 2.31. The van der Waals surface area contributed by atoms with Gasteiger partial charge in [0.05, 0.1) is 29.1 Å². The van der Waals surface area contributed by atoms with E-state index in [2.05, 4.69) is 15.2 Å². The van der Waals surface area contributed by atoms with Gasteiger partial charge in [-0.3, -0.25) is 9.48 Å². The number of aryl methyl sites for hydroxylation is 1. The van der Waals surface area contributed by atoms with E-state index in [1.54, 1.807) is 7.05 Å². The van der Waals surface area contributed by atoms with Crippen LogP contribution in [0.3, 0.4) is 0 Å². The summed E-state index contributed by atoms with van der Waals surface area (Å²) >= 11 is 0. The third kappa shape index (κ3) is 3.12. The highest BCUT2D eigenvalue weighted by molar-refractivity contribution is 7.91. The fourth-order valence-corrected chi connectivity index (χ4v) is 4.08. The Morgan fingerprint density at radius 1 is 1.07 bits per heavy atom. The van der Waals surface area contributed by atoms with Crippen LogP contribution in [0.25, 0.3) is 27.6 Å². The molecule has 1 aromatic carbocycles. The minimum Gasteiger partial charge on any atom is -0.267 e. The largest absolute Gasteiger partial charge is 0.416 e. The molecule has 3 aromatic heterocycles. The van der Waals surface area contributed by atoms with Gasteiger partial charge in [-0.1, -0.05) is 13.0 Å². The van der Waals surface area contributed by atoms with Crippen molar-refractivity contribution in [3.63, 3.8) is 0 Å². The molecule has 0 aliphatic carbocycles. The van der Waals surface area contributed by atoms with Crippen molar-refractivity contribution in [1.82, 2.24) is 24.5 Å². The van der Waals surface area contributed by atoms with E-state index in [4.69, 9.17) is 0 Å². The first-order chi connectivity index (χ1) is 14.0. The summed E-state index contributed by atoms with van der Waals surface area (Å²) in [6.45, 7) is 1.43. The number of rotatable bonds is 3. The lowest BCUT2D eigenvalue weighted by Crippen LogP contribution is -2.25. The number of hydrogen-bond donors (Lipinski definition) is 0. The maximum Gasteiger partial charge on any atom is 0.416 e. The molecule has 0 unspecified atom stereocenters. The molecule has 0 spiro atoms. The predicted octanol–water partition coefficient (Wildman–Crippen LogP) is 2.48.